The van der Waals surface area contributed by atoms with Gasteiger partial charge < -0.3 is 10.0 Å². The summed E-state index contributed by atoms with van der Waals surface area (Å²) in [6.07, 6.45) is -0.584. The summed E-state index contributed by atoms with van der Waals surface area (Å²) >= 11 is 12.3. The molecular formula is C19H16Cl2N2O4. The Morgan fingerprint density at radius 1 is 1.11 bits per heavy atom. The molecule has 0 bridgehead atoms. The van der Waals surface area contributed by atoms with Gasteiger partial charge in [0.15, 0.2) is 0 Å². The van der Waals surface area contributed by atoms with Gasteiger partial charge in [0.2, 0.25) is 0 Å². The minimum atomic E-state index is -1.16. The summed E-state index contributed by atoms with van der Waals surface area (Å²) in [4.78, 5) is 24.2. The molecule has 3 rings (SSSR count). The van der Waals surface area contributed by atoms with Crippen molar-refractivity contribution in [3.05, 3.63) is 85.9 Å². The average molecular weight is 407 g/mol. The maximum atomic E-state index is 12.5. The Balaban J connectivity index is 1.82. The van der Waals surface area contributed by atoms with Crippen LogP contribution in [0.15, 0.2) is 64.7 Å². The van der Waals surface area contributed by atoms with Gasteiger partial charge in [-0.05, 0) is 29.7 Å². The van der Waals surface area contributed by atoms with Gasteiger partial charge in [-0.3, -0.25) is 14.9 Å². The lowest BCUT2D eigenvalue weighted by Gasteiger charge is -2.29. The van der Waals surface area contributed by atoms with E-state index in [0.29, 0.717) is 18.5 Å². The average Bonchev–Trinajstić information content (AvgIpc) is 2.90. The molecule has 0 aliphatic carbocycles. The zero-order valence-electron chi connectivity index (χ0n) is 14.1. The molecule has 2 aromatic carbocycles. The number of hydrogen-bond acceptors (Lipinski definition) is 4. The quantitative estimate of drug-likeness (QED) is 0.584. The lowest BCUT2D eigenvalue weighted by atomic mass is 10.0. The highest BCUT2D eigenvalue weighted by atomic mass is 35.5. The standard InChI is InChI=1S/C19H16Cl2N2O4/c20-15-16(21)19(25)22(11-10-12-4-2-1-3-5-12)17(15)18(24)13-6-8-14(9-7-13)23(26)27/h1-9,17-18,24H,10-11H2/t17-,18-/m0/s1. The van der Waals surface area contributed by atoms with E-state index in [0.717, 1.165) is 5.56 Å². The molecule has 0 saturated carbocycles. The van der Waals surface area contributed by atoms with E-state index in [2.05, 4.69) is 0 Å². The number of non-ortho nitro benzene ring substituents is 1. The fourth-order valence-electron chi connectivity index (χ4n) is 3.04. The van der Waals surface area contributed by atoms with Crippen molar-refractivity contribution < 1.29 is 14.8 Å². The summed E-state index contributed by atoms with van der Waals surface area (Å²) in [5.74, 6) is -0.441. The summed E-state index contributed by atoms with van der Waals surface area (Å²) in [6, 6.07) is 14.2. The minimum absolute atomic E-state index is 0.0700. The smallest absolute Gasteiger partial charge is 0.269 e. The highest BCUT2D eigenvalue weighted by molar-refractivity contribution is 6.49. The second-order valence-electron chi connectivity index (χ2n) is 6.13. The van der Waals surface area contributed by atoms with Gasteiger partial charge in [0.1, 0.15) is 11.1 Å². The summed E-state index contributed by atoms with van der Waals surface area (Å²) in [6.45, 7) is 0.323. The van der Waals surface area contributed by atoms with Crippen molar-refractivity contribution in [1.82, 2.24) is 4.90 Å². The Morgan fingerprint density at radius 3 is 2.33 bits per heavy atom. The molecule has 1 aliphatic heterocycles. The normalized spacial score (nSPS) is 18.1. The molecule has 2 aromatic rings. The zero-order chi connectivity index (χ0) is 19.6. The fourth-order valence-corrected chi connectivity index (χ4v) is 3.58. The molecule has 1 aliphatic rings. The van der Waals surface area contributed by atoms with Crippen LogP contribution in [0.1, 0.15) is 17.2 Å². The third kappa shape index (κ3) is 3.98. The molecule has 6 nitrogen and oxygen atoms in total. The van der Waals surface area contributed by atoms with Gasteiger partial charge in [-0.25, -0.2) is 0 Å². The maximum Gasteiger partial charge on any atom is 0.269 e. The Morgan fingerprint density at radius 2 is 1.74 bits per heavy atom. The van der Waals surface area contributed by atoms with Crippen molar-refractivity contribution in [2.75, 3.05) is 6.54 Å². The van der Waals surface area contributed by atoms with Crippen LogP contribution in [0.5, 0.6) is 0 Å². The van der Waals surface area contributed by atoms with Gasteiger partial charge in [-0.15, -0.1) is 0 Å². The van der Waals surface area contributed by atoms with Crippen LogP contribution < -0.4 is 0 Å². The van der Waals surface area contributed by atoms with E-state index in [1.807, 2.05) is 30.3 Å². The number of aliphatic hydroxyl groups excluding tert-OH is 1. The number of benzene rings is 2. The summed E-state index contributed by atoms with van der Waals surface area (Å²) < 4.78 is 0. The van der Waals surface area contributed by atoms with Gasteiger partial charge in [0.05, 0.1) is 16.0 Å². The highest BCUT2D eigenvalue weighted by Gasteiger charge is 2.42. The molecule has 140 valence electrons. The molecule has 0 fully saturated rings. The van der Waals surface area contributed by atoms with E-state index >= 15 is 0 Å². The number of hydrogen-bond donors (Lipinski definition) is 1. The highest BCUT2D eigenvalue weighted by Crippen LogP contribution is 2.38. The van der Waals surface area contributed by atoms with E-state index in [1.165, 1.54) is 29.2 Å². The fraction of sp³-hybridized carbons (Fsp3) is 0.211. The topological polar surface area (TPSA) is 83.7 Å². The molecule has 0 radical (unpaired) electrons. The van der Waals surface area contributed by atoms with Crippen molar-refractivity contribution in [2.45, 2.75) is 18.6 Å². The number of nitro groups is 1. The first kappa shape index (κ1) is 19.4. The van der Waals surface area contributed by atoms with Crippen LogP contribution in [0.3, 0.4) is 0 Å². The lowest BCUT2D eigenvalue weighted by Crippen LogP contribution is -2.40. The number of carbonyl (C=O) groups is 1. The molecule has 1 heterocycles. The second-order valence-corrected chi connectivity index (χ2v) is 6.92. The van der Waals surface area contributed by atoms with Crippen LogP contribution in [-0.2, 0) is 11.2 Å². The van der Waals surface area contributed by atoms with Crippen LogP contribution in [0.2, 0.25) is 0 Å². The molecule has 0 aromatic heterocycles. The van der Waals surface area contributed by atoms with E-state index in [1.54, 1.807) is 0 Å². The van der Waals surface area contributed by atoms with E-state index in [4.69, 9.17) is 23.2 Å². The number of nitro benzene ring substituents is 1. The molecule has 1 amide bonds. The SMILES string of the molecule is O=C1C(Cl)=C(Cl)[C@@H]([C@@H](O)c2ccc([N+](=O)[O-])cc2)N1CCc1ccccc1. The third-order valence-corrected chi connectivity index (χ3v) is 5.36. The minimum Gasteiger partial charge on any atom is -0.386 e. The molecule has 0 saturated heterocycles. The Hall–Kier alpha value is -2.41. The summed E-state index contributed by atoms with van der Waals surface area (Å²) in [5.41, 5.74) is 1.36. The third-order valence-electron chi connectivity index (χ3n) is 4.48. The van der Waals surface area contributed by atoms with Crippen LogP contribution in [0.25, 0.3) is 0 Å². The second kappa shape index (κ2) is 8.08. The molecule has 27 heavy (non-hydrogen) atoms. The number of rotatable bonds is 6. The van der Waals surface area contributed by atoms with Gasteiger partial charge >= 0.3 is 0 Å². The van der Waals surface area contributed by atoms with Gasteiger partial charge in [0, 0.05) is 18.7 Å². The van der Waals surface area contributed by atoms with Crippen LogP contribution in [-0.4, -0.2) is 33.4 Å². The van der Waals surface area contributed by atoms with Gasteiger partial charge in [0.25, 0.3) is 11.6 Å². The van der Waals surface area contributed by atoms with Crippen LogP contribution >= 0.6 is 23.2 Å². The number of aliphatic hydroxyl groups is 1. The first-order chi connectivity index (χ1) is 12.9. The van der Waals surface area contributed by atoms with Gasteiger partial charge in [-0.2, -0.15) is 0 Å². The van der Waals surface area contributed by atoms with E-state index in [9.17, 15) is 20.0 Å². The number of halogens is 2. The predicted molar refractivity (Wildman–Crippen MR) is 102 cm³/mol. The first-order valence-electron chi connectivity index (χ1n) is 8.22. The van der Waals surface area contributed by atoms with E-state index < -0.39 is 23.0 Å². The number of nitrogens with zero attached hydrogens (tertiary/aromatic N) is 2. The molecular weight excluding hydrogens is 391 g/mol. The molecule has 2 atom stereocenters. The largest absolute Gasteiger partial charge is 0.386 e. The maximum absolute atomic E-state index is 12.5. The van der Waals surface area contributed by atoms with Gasteiger partial charge in [-0.1, -0.05) is 53.5 Å². The molecule has 0 unspecified atom stereocenters. The van der Waals surface area contributed by atoms with Crippen molar-refractivity contribution in [2.24, 2.45) is 0 Å². The monoisotopic (exact) mass is 406 g/mol. The first-order valence-corrected chi connectivity index (χ1v) is 8.98. The van der Waals surface area contributed by atoms with Crippen molar-refractivity contribution in [1.29, 1.82) is 0 Å². The summed E-state index contributed by atoms with van der Waals surface area (Å²) in [7, 11) is 0. The van der Waals surface area contributed by atoms with Crippen LogP contribution in [0.4, 0.5) is 5.69 Å². The van der Waals surface area contributed by atoms with E-state index in [-0.39, 0.29) is 15.8 Å². The Labute approximate surface area is 165 Å². The molecule has 1 N–H and O–H groups in total. The lowest BCUT2D eigenvalue weighted by molar-refractivity contribution is -0.384. The van der Waals surface area contributed by atoms with Crippen molar-refractivity contribution in [3.8, 4) is 0 Å². The Kier molecular flexibility index (Phi) is 5.79. The number of amides is 1. The predicted octanol–water partition coefficient (Wildman–Crippen LogP) is 3.77. The molecule has 8 heteroatoms. The Bertz CT molecular complexity index is 884. The molecule has 0 spiro atoms. The van der Waals surface area contributed by atoms with Crippen LogP contribution in [0, 0.1) is 10.1 Å². The van der Waals surface area contributed by atoms with Crippen molar-refractivity contribution >= 4 is 34.8 Å². The van der Waals surface area contributed by atoms with Crippen molar-refractivity contribution in [3.63, 3.8) is 0 Å². The summed E-state index contributed by atoms with van der Waals surface area (Å²) in [5, 5.41) is 21.5. The number of carbonyl (C=O) groups excluding carboxylic acids is 1. The zero-order valence-corrected chi connectivity index (χ0v) is 15.6.